The summed E-state index contributed by atoms with van der Waals surface area (Å²) >= 11 is 12.7. The molecule has 0 unspecified atom stereocenters. The molecule has 6 N–H and O–H groups in total. The zero-order valence-corrected chi connectivity index (χ0v) is 22.8. The molecule has 3 aromatic rings. The monoisotopic (exact) mass is 583 g/mol. The maximum atomic E-state index is 13.1. The van der Waals surface area contributed by atoms with E-state index in [0.717, 1.165) is 24.0 Å². The van der Waals surface area contributed by atoms with Crippen LogP contribution >= 0.6 is 23.2 Å². The predicted octanol–water partition coefficient (Wildman–Crippen LogP) is 4.41. The predicted molar refractivity (Wildman–Crippen MR) is 152 cm³/mol. The summed E-state index contributed by atoms with van der Waals surface area (Å²) in [5, 5.41) is 17.6. The summed E-state index contributed by atoms with van der Waals surface area (Å²) in [6.45, 7) is -0.290. The Morgan fingerprint density at radius 3 is 2.62 bits per heavy atom. The zero-order chi connectivity index (χ0) is 28.8. The van der Waals surface area contributed by atoms with E-state index in [1.807, 2.05) is 24.3 Å². The first kappa shape index (κ1) is 28.8. The van der Waals surface area contributed by atoms with Crippen LogP contribution < -0.4 is 21.7 Å². The smallest absolute Gasteiger partial charge is 0.315 e. The first-order valence-electron chi connectivity index (χ1n) is 12.5. The van der Waals surface area contributed by atoms with Crippen molar-refractivity contribution >= 4 is 58.4 Å². The van der Waals surface area contributed by atoms with Gasteiger partial charge in [-0.2, -0.15) is 0 Å². The Kier molecular flexibility index (Phi) is 9.23. The van der Waals surface area contributed by atoms with E-state index < -0.39 is 36.0 Å². The van der Waals surface area contributed by atoms with Crippen LogP contribution in [0, 0.1) is 5.92 Å². The molecule has 0 aliphatic heterocycles. The number of carbonyl (C=O) groups is 4. The molecule has 0 saturated carbocycles. The number of carbonyl (C=O) groups excluding carboxylic acids is 3. The summed E-state index contributed by atoms with van der Waals surface area (Å²) in [6.07, 6.45) is 2.57. The van der Waals surface area contributed by atoms with Crippen LogP contribution in [0.1, 0.15) is 45.9 Å². The van der Waals surface area contributed by atoms with E-state index in [4.69, 9.17) is 28.9 Å². The van der Waals surface area contributed by atoms with Crippen molar-refractivity contribution in [3.8, 4) is 0 Å². The molecule has 1 aliphatic rings. The number of pyridine rings is 1. The van der Waals surface area contributed by atoms with Crippen LogP contribution in [0.5, 0.6) is 0 Å². The Balaban J connectivity index is 1.38. The Morgan fingerprint density at radius 2 is 1.88 bits per heavy atom. The number of ketones is 1. The van der Waals surface area contributed by atoms with Crippen LogP contribution in [0.25, 0.3) is 0 Å². The third kappa shape index (κ3) is 7.08. The Bertz CT molecular complexity index is 1460. The molecule has 2 aromatic carbocycles. The summed E-state index contributed by atoms with van der Waals surface area (Å²) in [6, 6.07) is 13.1. The van der Waals surface area contributed by atoms with Crippen molar-refractivity contribution in [1.29, 1.82) is 0 Å². The maximum Gasteiger partial charge on any atom is 0.315 e. The molecule has 3 amide bonds. The molecular formula is C28H27Cl2N5O5. The minimum absolute atomic E-state index is 0.00430. The number of aliphatic carboxylic acids is 1. The lowest BCUT2D eigenvalue weighted by Crippen LogP contribution is -2.41. The van der Waals surface area contributed by atoms with Gasteiger partial charge in [0.1, 0.15) is 5.82 Å². The van der Waals surface area contributed by atoms with Gasteiger partial charge in [0.2, 0.25) is 5.91 Å². The second-order valence-corrected chi connectivity index (χ2v) is 10.2. The van der Waals surface area contributed by atoms with E-state index in [-0.39, 0.29) is 46.1 Å². The number of Topliss-reactive ketones (excluding diaryl/α,β-unsaturated/α-hetero) is 1. The fourth-order valence-electron chi connectivity index (χ4n) is 4.59. The first-order valence-corrected chi connectivity index (χ1v) is 13.2. The number of hydrogen-bond acceptors (Lipinski definition) is 6. The van der Waals surface area contributed by atoms with Gasteiger partial charge in [0, 0.05) is 19.2 Å². The molecular weight excluding hydrogens is 557 g/mol. The van der Waals surface area contributed by atoms with E-state index in [1.165, 1.54) is 18.3 Å². The minimum Gasteiger partial charge on any atom is -0.481 e. The van der Waals surface area contributed by atoms with Gasteiger partial charge in [-0.15, -0.1) is 0 Å². The number of nitrogens with one attached hydrogen (secondary N) is 3. The van der Waals surface area contributed by atoms with Crippen molar-refractivity contribution in [3.05, 3.63) is 87.0 Å². The standard InChI is InChI=1S/C28H27Cl2N5O5/c29-19-6-8-21(34-24(37)12-15-9-10-32-23(31)11-15)26(30)25(19)22(36)13-17(27(38)39)14-33-28(40)35-20-7-5-16-3-1-2-4-18(16)20/h1-4,6,8-11,17,20H,5,7,12-14H2,(H2,31,32)(H,34,37)(H,38,39)(H2,33,35,40)/t17-,20+/m0/s1. The third-order valence-electron chi connectivity index (χ3n) is 6.58. The summed E-state index contributed by atoms with van der Waals surface area (Å²) in [5.74, 6) is -3.31. The molecule has 1 aliphatic carbocycles. The van der Waals surface area contributed by atoms with Gasteiger partial charge in [0.25, 0.3) is 0 Å². The molecule has 40 heavy (non-hydrogen) atoms. The van der Waals surface area contributed by atoms with Crippen LogP contribution in [0.4, 0.5) is 16.3 Å². The van der Waals surface area contributed by atoms with Gasteiger partial charge in [-0.05, 0) is 53.8 Å². The van der Waals surface area contributed by atoms with Crippen LogP contribution in [0.15, 0.2) is 54.7 Å². The van der Waals surface area contributed by atoms with Crippen LogP contribution in [0.2, 0.25) is 10.0 Å². The topological polar surface area (TPSA) is 164 Å². The number of benzene rings is 2. The van der Waals surface area contributed by atoms with Gasteiger partial charge in [0.15, 0.2) is 5.78 Å². The summed E-state index contributed by atoms with van der Waals surface area (Å²) in [5.41, 5.74) is 8.50. The van der Waals surface area contributed by atoms with Crippen LogP contribution in [-0.4, -0.2) is 40.3 Å². The minimum atomic E-state index is -1.27. The number of nitrogen functional groups attached to an aromatic ring is 1. The molecule has 12 heteroatoms. The van der Waals surface area contributed by atoms with Gasteiger partial charge in [0.05, 0.1) is 39.7 Å². The molecule has 10 nitrogen and oxygen atoms in total. The average molecular weight is 584 g/mol. The second-order valence-electron chi connectivity index (χ2n) is 9.40. The van der Waals surface area contributed by atoms with Gasteiger partial charge in [-0.3, -0.25) is 14.4 Å². The number of hydrogen-bond donors (Lipinski definition) is 5. The van der Waals surface area contributed by atoms with Crippen molar-refractivity contribution in [2.45, 2.75) is 31.7 Å². The number of halogens is 2. The van der Waals surface area contributed by atoms with Gasteiger partial charge < -0.3 is 26.8 Å². The number of amides is 3. The van der Waals surface area contributed by atoms with Gasteiger partial charge in [-0.1, -0.05) is 47.5 Å². The van der Waals surface area contributed by atoms with E-state index in [0.29, 0.717) is 5.56 Å². The highest BCUT2D eigenvalue weighted by Crippen LogP contribution is 2.34. The molecule has 0 bridgehead atoms. The highest BCUT2D eigenvalue weighted by molar-refractivity contribution is 6.41. The number of rotatable bonds is 10. The molecule has 2 atom stereocenters. The highest BCUT2D eigenvalue weighted by Gasteiger charge is 2.28. The van der Waals surface area contributed by atoms with E-state index in [2.05, 4.69) is 20.9 Å². The number of urea groups is 1. The van der Waals surface area contributed by atoms with Crippen LogP contribution in [-0.2, 0) is 22.4 Å². The normalized spacial score (nSPS) is 14.6. The lowest BCUT2D eigenvalue weighted by atomic mass is 9.97. The van der Waals surface area contributed by atoms with Crippen molar-refractivity contribution in [2.75, 3.05) is 17.6 Å². The highest BCUT2D eigenvalue weighted by atomic mass is 35.5. The van der Waals surface area contributed by atoms with Gasteiger partial charge >= 0.3 is 12.0 Å². The molecule has 0 fully saturated rings. The summed E-state index contributed by atoms with van der Waals surface area (Å²) in [4.78, 5) is 54.0. The number of fused-ring (bicyclic) bond motifs is 1. The number of nitrogens with two attached hydrogens (primary N) is 1. The molecule has 4 rings (SSSR count). The van der Waals surface area contributed by atoms with E-state index in [1.54, 1.807) is 12.1 Å². The second kappa shape index (κ2) is 12.8. The molecule has 1 heterocycles. The quantitative estimate of drug-likeness (QED) is 0.220. The molecule has 0 radical (unpaired) electrons. The summed E-state index contributed by atoms with van der Waals surface area (Å²) < 4.78 is 0. The maximum absolute atomic E-state index is 13.1. The van der Waals surface area contributed by atoms with Gasteiger partial charge in [-0.25, -0.2) is 9.78 Å². The molecule has 0 spiro atoms. The fraction of sp³-hybridized carbons (Fsp3) is 0.250. The Morgan fingerprint density at radius 1 is 1.10 bits per heavy atom. The molecule has 0 saturated heterocycles. The van der Waals surface area contributed by atoms with E-state index in [9.17, 15) is 24.3 Å². The largest absolute Gasteiger partial charge is 0.481 e. The molecule has 208 valence electrons. The lowest BCUT2D eigenvalue weighted by Gasteiger charge is -2.18. The Hall–Kier alpha value is -4.15. The van der Waals surface area contributed by atoms with E-state index >= 15 is 0 Å². The number of aryl methyl sites for hydroxylation is 1. The zero-order valence-electron chi connectivity index (χ0n) is 21.2. The first-order chi connectivity index (χ1) is 19.1. The number of carboxylic acids is 1. The van der Waals surface area contributed by atoms with Crippen molar-refractivity contribution in [2.24, 2.45) is 5.92 Å². The van der Waals surface area contributed by atoms with Crippen molar-refractivity contribution in [1.82, 2.24) is 15.6 Å². The Labute approximate surface area is 240 Å². The van der Waals surface area contributed by atoms with Crippen LogP contribution in [0.3, 0.4) is 0 Å². The average Bonchev–Trinajstić information content (AvgIpc) is 3.30. The fourth-order valence-corrected chi connectivity index (χ4v) is 5.22. The molecule has 1 aromatic heterocycles. The number of aromatic nitrogens is 1. The lowest BCUT2D eigenvalue weighted by molar-refractivity contribution is -0.141. The number of nitrogens with zero attached hydrogens (tertiary/aromatic N) is 1. The number of carboxylic acid groups (broad SMARTS) is 1. The summed E-state index contributed by atoms with van der Waals surface area (Å²) in [7, 11) is 0. The number of anilines is 2. The SMILES string of the molecule is Nc1cc(CC(=O)Nc2ccc(Cl)c(C(=O)C[C@@H](CNC(=O)N[C@@H]3CCc4ccccc43)C(=O)O)c2Cl)ccn1. The van der Waals surface area contributed by atoms with Crippen molar-refractivity contribution in [3.63, 3.8) is 0 Å². The third-order valence-corrected chi connectivity index (χ3v) is 7.29. The van der Waals surface area contributed by atoms with Crippen molar-refractivity contribution < 1.29 is 24.3 Å².